The summed E-state index contributed by atoms with van der Waals surface area (Å²) in [5.74, 6) is -0.197. The highest BCUT2D eigenvalue weighted by atomic mass is 31.2. The number of para-hydroxylation sites is 1. The number of rotatable bonds is 8. The summed E-state index contributed by atoms with van der Waals surface area (Å²) in [4.78, 5) is 31.3. The fourth-order valence-corrected chi connectivity index (χ4v) is 4.59. The van der Waals surface area contributed by atoms with Crippen molar-refractivity contribution in [1.82, 2.24) is 9.55 Å². The van der Waals surface area contributed by atoms with Gasteiger partial charge in [-0.1, -0.05) is 23.0 Å². The average molecular weight is 557 g/mol. The maximum Gasteiger partial charge on any atom is 0.530 e. The van der Waals surface area contributed by atoms with Gasteiger partial charge in [0.25, 0.3) is 0 Å². The van der Waals surface area contributed by atoms with Gasteiger partial charge in [0.2, 0.25) is 0 Å². The number of nitrogens with zero attached hydrogens (tertiary/aromatic N) is 3. The third-order valence-electron chi connectivity index (χ3n) is 5.35. The largest absolute Gasteiger partial charge is 0.530 e. The van der Waals surface area contributed by atoms with Gasteiger partial charge in [0.1, 0.15) is 18.0 Å². The molecule has 1 saturated heterocycles. The van der Waals surface area contributed by atoms with Crippen LogP contribution in [-0.2, 0) is 23.4 Å². The molecule has 206 valence electrons. The number of hydrogen-bond acceptors (Lipinski definition) is 10. The molecule has 1 aliphatic rings. The molecule has 1 fully saturated rings. The number of carbonyl (C=O) groups excluding carboxylic acids is 1. The summed E-state index contributed by atoms with van der Waals surface area (Å²) >= 11 is 0. The van der Waals surface area contributed by atoms with E-state index in [0.29, 0.717) is 10.8 Å². The van der Waals surface area contributed by atoms with Gasteiger partial charge in [-0.25, -0.2) is 22.9 Å². The van der Waals surface area contributed by atoms with Crippen LogP contribution in [0.25, 0.3) is 4.85 Å². The molecule has 0 spiro atoms. The smallest absolute Gasteiger partial charge is 0.457 e. The van der Waals surface area contributed by atoms with Crippen molar-refractivity contribution in [3.05, 3.63) is 57.7 Å². The van der Waals surface area contributed by atoms with Crippen LogP contribution in [0.15, 0.2) is 41.3 Å². The SMILES string of the molecule is CC(C)OC(=O)[C@H](C)[N+]#CP(=O)(OC[C@H]1O[C@@H](n2cc(F)c(N)nc2=O)C(C)(F)[C@H]1O)Oc1ccccc1. The van der Waals surface area contributed by atoms with Crippen LogP contribution in [0.3, 0.4) is 0 Å². The first-order valence-corrected chi connectivity index (χ1v) is 13.0. The first kappa shape index (κ1) is 29.2. The van der Waals surface area contributed by atoms with Crippen LogP contribution in [0.2, 0.25) is 0 Å². The minimum Gasteiger partial charge on any atom is -0.457 e. The zero-order chi connectivity index (χ0) is 28.3. The molecule has 38 heavy (non-hydrogen) atoms. The molecule has 3 N–H and O–H groups in total. The van der Waals surface area contributed by atoms with E-state index in [1.54, 1.807) is 32.0 Å². The molecule has 1 aromatic heterocycles. The molecular weight excluding hydrogens is 529 g/mol. The van der Waals surface area contributed by atoms with E-state index >= 15 is 4.39 Å². The van der Waals surface area contributed by atoms with Crippen molar-refractivity contribution in [2.45, 2.75) is 63.9 Å². The number of benzene rings is 1. The number of aliphatic hydroxyl groups excluding tert-OH is 1. The summed E-state index contributed by atoms with van der Waals surface area (Å²) in [6.07, 6.45) is -5.04. The number of aromatic nitrogens is 2. The highest BCUT2D eigenvalue weighted by Crippen LogP contribution is 2.49. The average Bonchev–Trinajstić information content (AvgIpc) is 3.07. The molecular formula is C23H28F2N4O8P+. The molecule has 2 aromatic rings. The predicted molar refractivity (Wildman–Crippen MR) is 131 cm³/mol. The zero-order valence-corrected chi connectivity index (χ0v) is 21.9. The monoisotopic (exact) mass is 557 g/mol. The number of nitrogens with two attached hydrogens (primary N) is 1. The molecule has 1 aromatic carbocycles. The topological polar surface area (TPSA) is 157 Å². The Balaban J connectivity index is 1.84. The quantitative estimate of drug-likeness (QED) is 0.365. The Labute approximate surface area is 216 Å². The predicted octanol–water partition coefficient (Wildman–Crippen LogP) is 2.87. The van der Waals surface area contributed by atoms with E-state index in [1.165, 1.54) is 19.1 Å². The number of hydrogen-bond donors (Lipinski definition) is 2. The van der Waals surface area contributed by atoms with E-state index in [2.05, 4.69) is 15.6 Å². The molecule has 15 heteroatoms. The molecule has 0 aliphatic carbocycles. The second-order valence-electron chi connectivity index (χ2n) is 8.88. The number of ether oxygens (including phenoxy) is 2. The van der Waals surface area contributed by atoms with Crippen molar-refractivity contribution in [2.24, 2.45) is 0 Å². The van der Waals surface area contributed by atoms with E-state index in [1.807, 2.05) is 0 Å². The fourth-order valence-electron chi connectivity index (χ4n) is 3.38. The highest BCUT2D eigenvalue weighted by Gasteiger charge is 2.56. The normalized spacial score (nSPS) is 25.2. The molecule has 1 aliphatic heterocycles. The van der Waals surface area contributed by atoms with E-state index in [4.69, 9.17) is 24.3 Å². The minimum absolute atomic E-state index is 0.104. The number of nitrogen functional groups attached to an aromatic ring is 1. The van der Waals surface area contributed by atoms with Gasteiger partial charge < -0.3 is 24.8 Å². The third-order valence-corrected chi connectivity index (χ3v) is 6.65. The van der Waals surface area contributed by atoms with Crippen molar-refractivity contribution in [1.29, 1.82) is 0 Å². The van der Waals surface area contributed by atoms with Crippen molar-refractivity contribution in [3.63, 3.8) is 0 Å². The van der Waals surface area contributed by atoms with Gasteiger partial charge in [-0.2, -0.15) is 4.98 Å². The van der Waals surface area contributed by atoms with Gasteiger partial charge in [0.05, 0.1) is 18.9 Å². The number of esters is 1. The third kappa shape index (κ3) is 6.73. The molecule has 2 unspecified atom stereocenters. The van der Waals surface area contributed by atoms with Crippen molar-refractivity contribution >= 4 is 19.4 Å². The Bertz CT molecular complexity index is 1330. The number of alkyl halides is 1. The number of halogens is 2. The number of carbonyl (C=O) groups is 1. The van der Waals surface area contributed by atoms with Gasteiger partial charge in [0, 0.05) is 6.92 Å². The van der Waals surface area contributed by atoms with Crippen LogP contribution in [0.5, 0.6) is 5.75 Å². The lowest BCUT2D eigenvalue weighted by molar-refractivity contribution is -0.147. The first-order valence-electron chi connectivity index (χ1n) is 11.5. The summed E-state index contributed by atoms with van der Waals surface area (Å²) in [6.45, 7) is 4.87. The second-order valence-corrected chi connectivity index (χ2v) is 10.5. The lowest BCUT2D eigenvalue weighted by atomic mass is 9.98. The van der Waals surface area contributed by atoms with E-state index < -0.39 is 73.7 Å². The highest BCUT2D eigenvalue weighted by molar-refractivity contribution is 7.59. The van der Waals surface area contributed by atoms with E-state index in [0.717, 1.165) is 6.92 Å². The number of aliphatic hydroxyl groups is 1. The van der Waals surface area contributed by atoms with E-state index in [9.17, 15) is 23.7 Å². The summed E-state index contributed by atoms with van der Waals surface area (Å²) in [5.41, 5.74) is 1.52. The Morgan fingerprint density at radius 1 is 1.37 bits per heavy atom. The van der Waals surface area contributed by atoms with Crippen molar-refractivity contribution in [3.8, 4) is 11.6 Å². The van der Waals surface area contributed by atoms with Gasteiger partial charge in [-0.15, -0.1) is 0 Å². The Morgan fingerprint density at radius 2 is 2.03 bits per heavy atom. The van der Waals surface area contributed by atoms with Crippen LogP contribution < -0.4 is 15.9 Å². The summed E-state index contributed by atoms with van der Waals surface area (Å²) in [7, 11) is -4.40. The van der Waals surface area contributed by atoms with Crippen LogP contribution in [-0.4, -0.2) is 57.3 Å². The fraction of sp³-hybridized carbons (Fsp3) is 0.478. The molecule has 0 radical (unpaired) electrons. The maximum atomic E-state index is 15.5. The van der Waals surface area contributed by atoms with Crippen LogP contribution in [0.4, 0.5) is 14.6 Å². The van der Waals surface area contributed by atoms with Gasteiger partial charge in [-0.05, 0) is 32.9 Å². The summed E-state index contributed by atoms with van der Waals surface area (Å²) in [5, 5.41) is 10.6. The zero-order valence-electron chi connectivity index (χ0n) is 21.0. The van der Waals surface area contributed by atoms with E-state index in [-0.39, 0.29) is 5.75 Å². The minimum atomic E-state index is -4.40. The lowest BCUT2D eigenvalue weighted by Crippen LogP contribution is -2.43. The number of anilines is 1. The summed E-state index contributed by atoms with van der Waals surface area (Å²) in [6, 6.07) is 6.71. The Hall–Kier alpha value is -3.37. The first-order chi connectivity index (χ1) is 17.7. The molecule has 0 amide bonds. The van der Waals surface area contributed by atoms with Crippen molar-refractivity contribution < 1.29 is 41.8 Å². The molecule has 2 heterocycles. The Kier molecular flexibility index (Phi) is 8.89. The second kappa shape index (κ2) is 11.6. The van der Waals surface area contributed by atoms with Crippen LogP contribution >= 0.6 is 7.60 Å². The van der Waals surface area contributed by atoms with Gasteiger partial charge >= 0.3 is 31.1 Å². The lowest BCUT2D eigenvalue weighted by Gasteiger charge is -2.24. The molecule has 12 nitrogen and oxygen atoms in total. The standard InChI is InChI=1S/C23H27F2N4O8P/c1-13(2)35-20(31)14(3)27-12-38(33,37-15-8-6-5-7-9-15)34-11-17-18(30)23(4,25)21(36-17)29-10-16(24)19(26)28-22(29)32/h5-10,13-14,17-18,21,30H,11H2,1-4H3,(H-,26,28,32)/p+1/t14-,17+,18-,21+,23?,38?/m0/s1. The van der Waals surface area contributed by atoms with Gasteiger partial charge in [-0.3, -0.25) is 9.09 Å². The van der Waals surface area contributed by atoms with Crippen LogP contribution in [0.1, 0.15) is 33.9 Å². The molecule has 0 saturated carbocycles. The summed E-state index contributed by atoms with van der Waals surface area (Å²) < 4.78 is 64.7. The molecule has 3 rings (SSSR count). The Morgan fingerprint density at radius 3 is 2.66 bits per heavy atom. The van der Waals surface area contributed by atoms with Gasteiger partial charge in [0.15, 0.2) is 23.5 Å². The van der Waals surface area contributed by atoms with Crippen LogP contribution in [0, 0.1) is 11.6 Å². The maximum absolute atomic E-state index is 15.5. The molecule has 6 atom stereocenters. The van der Waals surface area contributed by atoms with Crippen molar-refractivity contribution in [2.75, 3.05) is 12.3 Å². The molecule has 0 bridgehead atoms.